The predicted octanol–water partition coefficient (Wildman–Crippen LogP) is 26.7. The van der Waals surface area contributed by atoms with E-state index in [9.17, 15) is 15.0 Å². The monoisotopic (exact) mass is 1160 g/mol. The molecular weight excluding hydrogens is 1010 g/mol. The topological polar surface area (TPSA) is 69.6 Å². The van der Waals surface area contributed by atoms with Gasteiger partial charge in [-0.3, -0.25) is 4.79 Å². The van der Waals surface area contributed by atoms with Gasteiger partial charge >= 0.3 is 0 Å². The minimum atomic E-state index is -0.871. The summed E-state index contributed by atoms with van der Waals surface area (Å²) in [6.45, 7) is 4.35. The molecule has 0 aliphatic carbocycles. The number of nitrogens with one attached hydrogen (secondary N) is 1. The Morgan fingerprint density at radius 3 is 0.699 bits per heavy atom. The fourth-order valence-electron chi connectivity index (χ4n) is 12.5. The largest absolute Gasteiger partial charge is 0.394 e. The lowest BCUT2D eigenvalue weighted by Crippen LogP contribution is -2.45. The van der Waals surface area contributed by atoms with Gasteiger partial charge < -0.3 is 15.5 Å². The lowest BCUT2D eigenvalue weighted by Gasteiger charge is -2.19. The highest BCUT2D eigenvalue weighted by Gasteiger charge is 2.18. The quantitative estimate of drug-likeness (QED) is 0.0420. The van der Waals surface area contributed by atoms with E-state index in [1.807, 2.05) is 6.08 Å². The van der Waals surface area contributed by atoms with Crippen LogP contribution in [0.25, 0.3) is 0 Å². The van der Waals surface area contributed by atoms with Gasteiger partial charge in [-0.25, -0.2) is 0 Å². The SMILES string of the molecule is CCCCCCCCCCCCCCCCCCCCCCCCC/C=C/CC/C=C/CC/C=C/C(O)C(CO)NC(=O)CCCCCCCCCCCCCCCCCCCCCCCCCCCCCCCCCCCCCCCC. The molecule has 0 saturated carbocycles. The van der Waals surface area contributed by atoms with Crippen LogP contribution in [0, 0.1) is 0 Å². The van der Waals surface area contributed by atoms with Crippen molar-refractivity contribution in [1.29, 1.82) is 0 Å². The Morgan fingerprint density at radius 2 is 0.470 bits per heavy atom. The molecule has 0 heterocycles. The summed E-state index contributed by atoms with van der Waals surface area (Å²) in [7, 11) is 0. The third-order valence-corrected chi connectivity index (χ3v) is 18.4. The van der Waals surface area contributed by atoms with E-state index < -0.39 is 12.1 Å². The van der Waals surface area contributed by atoms with Crippen LogP contribution in [0.4, 0.5) is 0 Å². The zero-order valence-electron chi connectivity index (χ0n) is 57.0. The van der Waals surface area contributed by atoms with Gasteiger partial charge in [0.2, 0.25) is 5.91 Å². The fraction of sp³-hybridized carbons (Fsp3) is 0.911. The van der Waals surface area contributed by atoms with Gasteiger partial charge in [-0.1, -0.05) is 429 Å². The van der Waals surface area contributed by atoms with Crippen LogP contribution in [0.15, 0.2) is 36.5 Å². The molecule has 492 valence electrons. The van der Waals surface area contributed by atoms with Crippen molar-refractivity contribution in [1.82, 2.24) is 5.32 Å². The first kappa shape index (κ1) is 81.6. The van der Waals surface area contributed by atoms with Crippen LogP contribution in [0.2, 0.25) is 0 Å². The van der Waals surface area contributed by atoms with Crippen LogP contribution in [-0.4, -0.2) is 34.9 Å². The van der Waals surface area contributed by atoms with Gasteiger partial charge in [-0.15, -0.1) is 0 Å². The van der Waals surface area contributed by atoms with Gasteiger partial charge in [0.25, 0.3) is 0 Å². The minimum Gasteiger partial charge on any atom is -0.394 e. The van der Waals surface area contributed by atoms with Crippen LogP contribution >= 0.6 is 0 Å². The van der Waals surface area contributed by atoms with Gasteiger partial charge in [-0.2, -0.15) is 0 Å². The number of hydrogen-bond donors (Lipinski definition) is 3. The van der Waals surface area contributed by atoms with Crippen molar-refractivity contribution < 1.29 is 15.0 Å². The first-order valence-electron chi connectivity index (χ1n) is 38.7. The van der Waals surface area contributed by atoms with E-state index in [0.717, 1.165) is 38.5 Å². The highest BCUT2D eigenvalue weighted by molar-refractivity contribution is 5.76. The smallest absolute Gasteiger partial charge is 0.220 e. The van der Waals surface area contributed by atoms with Crippen LogP contribution in [0.5, 0.6) is 0 Å². The Labute approximate surface area is 522 Å². The number of aliphatic hydroxyl groups is 2. The predicted molar refractivity (Wildman–Crippen MR) is 373 cm³/mol. The molecule has 0 aliphatic heterocycles. The van der Waals surface area contributed by atoms with E-state index in [2.05, 4.69) is 43.5 Å². The Hall–Kier alpha value is -1.39. The fourth-order valence-corrected chi connectivity index (χ4v) is 12.5. The van der Waals surface area contributed by atoms with Crippen molar-refractivity contribution >= 4 is 5.91 Å². The third-order valence-electron chi connectivity index (χ3n) is 18.4. The van der Waals surface area contributed by atoms with E-state index in [-0.39, 0.29) is 12.5 Å². The number of aliphatic hydroxyl groups excluding tert-OH is 2. The number of rotatable bonds is 73. The van der Waals surface area contributed by atoms with Gasteiger partial charge in [0, 0.05) is 6.42 Å². The van der Waals surface area contributed by atoms with Crippen molar-refractivity contribution in [3.05, 3.63) is 36.5 Å². The number of carbonyl (C=O) groups excluding carboxylic acids is 1. The summed E-state index contributed by atoms with van der Waals surface area (Å²) in [5.41, 5.74) is 0. The van der Waals surface area contributed by atoms with Gasteiger partial charge in [0.1, 0.15) is 0 Å². The maximum Gasteiger partial charge on any atom is 0.220 e. The molecule has 0 radical (unpaired) electrons. The number of carbonyl (C=O) groups is 1. The van der Waals surface area contributed by atoms with Gasteiger partial charge in [0.05, 0.1) is 18.8 Å². The standard InChI is InChI=1S/C79H153NO3/c1-3-5-7-9-11-13-15-17-19-21-23-25-27-29-31-33-35-37-38-39-40-41-43-45-47-49-51-53-55-57-59-61-63-65-67-69-71-73-75-79(83)80-77(76-81)78(82)74-72-70-68-66-64-62-60-58-56-54-52-50-48-46-44-42-36-34-32-30-28-26-24-22-20-18-16-14-12-10-8-6-4-2/h56,58,64,66,72,74,77-78,81-82H,3-55,57,59-63,65,67-71,73,75-76H2,1-2H3,(H,80,83)/b58-56+,66-64+,74-72+. The molecule has 4 heteroatoms. The van der Waals surface area contributed by atoms with Crippen LogP contribution in [0.1, 0.15) is 444 Å². The Morgan fingerprint density at radius 1 is 0.277 bits per heavy atom. The lowest BCUT2D eigenvalue weighted by molar-refractivity contribution is -0.123. The summed E-state index contributed by atoms with van der Waals surface area (Å²) in [6, 6.07) is -0.646. The lowest BCUT2D eigenvalue weighted by atomic mass is 10.0. The van der Waals surface area contributed by atoms with Crippen molar-refractivity contribution in [3.8, 4) is 0 Å². The molecule has 0 aromatic carbocycles. The zero-order chi connectivity index (χ0) is 59.8. The molecule has 2 unspecified atom stereocenters. The molecule has 0 aromatic heterocycles. The van der Waals surface area contributed by atoms with E-state index in [1.165, 1.54) is 385 Å². The molecule has 0 bridgehead atoms. The van der Waals surface area contributed by atoms with Crippen molar-refractivity contribution in [3.63, 3.8) is 0 Å². The molecule has 83 heavy (non-hydrogen) atoms. The Bertz CT molecular complexity index is 1270. The normalized spacial score (nSPS) is 12.8. The first-order valence-corrected chi connectivity index (χ1v) is 38.7. The number of hydrogen-bond acceptors (Lipinski definition) is 3. The molecule has 2 atom stereocenters. The molecule has 0 saturated heterocycles. The van der Waals surface area contributed by atoms with Crippen LogP contribution in [-0.2, 0) is 4.79 Å². The van der Waals surface area contributed by atoms with E-state index in [1.54, 1.807) is 6.08 Å². The number of allylic oxidation sites excluding steroid dienone is 5. The molecule has 0 spiro atoms. The molecule has 0 aromatic rings. The zero-order valence-corrected chi connectivity index (χ0v) is 57.0. The highest BCUT2D eigenvalue weighted by Crippen LogP contribution is 2.20. The minimum absolute atomic E-state index is 0.0684. The Balaban J connectivity index is 3.42. The van der Waals surface area contributed by atoms with Crippen LogP contribution in [0.3, 0.4) is 0 Å². The van der Waals surface area contributed by atoms with Crippen molar-refractivity contribution in [2.75, 3.05) is 6.61 Å². The molecule has 0 aliphatic rings. The summed E-state index contributed by atoms with van der Waals surface area (Å²) in [5.74, 6) is -0.0684. The van der Waals surface area contributed by atoms with E-state index in [4.69, 9.17) is 0 Å². The average molecular weight is 1170 g/mol. The molecular formula is C79H153NO3. The second-order valence-corrected chi connectivity index (χ2v) is 26.8. The molecule has 1 amide bonds. The van der Waals surface area contributed by atoms with Crippen LogP contribution < -0.4 is 5.32 Å². The number of amides is 1. The number of unbranched alkanes of at least 4 members (excludes halogenated alkanes) is 62. The summed E-state index contributed by atoms with van der Waals surface area (Å²) in [5, 5.41) is 23.3. The summed E-state index contributed by atoms with van der Waals surface area (Å²) in [4.78, 5) is 12.6. The third kappa shape index (κ3) is 71.3. The summed E-state index contributed by atoms with van der Waals surface area (Å²) >= 11 is 0. The summed E-state index contributed by atoms with van der Waals surface area (Å²) in [6.07, 6.45) is 104. The van der Waals surface area contributed by atoms with Crippen molar-refractivity contribution in [2.45, 2.75) is 456 Å². The van der Waals surface area contributed by atoms with E-state index in [0.29, 0.717) is 6.42 Å². The first-order chi connectivity index (χ1) is 41.2. The molecule has 0 fully saturated rings. The average Bonchev–Trinajstić information content (AvgIpc) is 3.50. The molecule has 0 rings (SSSR count). The van der Waals surface area contributed by atoms with E-state index >= 15 is 0 Å². The highest BCUT2D eigenvalue weighted by atomic mass is 16.3. The molecule has 4 nitrogen and oxygen atoms in total. The Kier molecular flexibility index (Phi) is 73.6. The van der Waals surface area contributed by atoms with Crippen molar-refractivity contribution in [2.24, 2.45) is 0 Å². The van der Waals surface area contributed by atoms with Gasteiger partial charge in [0.15, 0.2) is 0 Å². The summed E-state index contributed by atoms with van der Waals surface area (Å²) < 4.78 is 0. The maximum atomic E-state index is 12.6. The van der Waals surface area contributed by atoms with Gasteiger partial charge in [-0.05, 0) is 44.9 Å². The molecule has 3 N–H and O–H groups in total. The second kappa shape index (κ2) is 74.9. The maximum absolute atomic E-state index is 12.6. The second-order valence-electron chi connectivity index (χ2n) is 26.8.